The van der Waals surface area contributed by atoms with E-state index in [1.807, 2.05) is 84.9 Å². The molecule has 41 heavy (non-hydrogen) atoms. The zero-order valence-electron chi connectivity index (χ0n) is 23.1. The number of nitrogens with zero attached hydrogens (tertiary/aromatic N) is 1. The highest BCUT2D eigenvalue weighted by Gasteiger charge is 2.40. The molecular formula is C33H31NO6S. The Balaban J connectivity index is 1.52. The number of hydrogen-bond acceptors (Lipinski definition) is 8. The van der Waals surface area contributed by atoms with Gasteiger partial charge in [0.25, 0.3) is 0 Å². The van der Waals surface area contributed by atoms with Crippen molar-refractivity contribution in [1.82, 2.24) is 0 Å². The van der Waals surface area contributed by atoms with E-state index in [-0.39, 0.29) is 0 Å². The van der Waals surface area contributed by atoms with Crippen molar-refractivity contribution < 1.29 is 28.5 Å². The molecule has 0 spiro atoms. The molecule has 0 fully saturated rings. The average Bonchev–Trinajstić information content (AvgIpc) is 3.48. The maximum Gasteiger partial charge on any atom is 0.335 e. The van der Waals surface area contributed by atoms with E-state index in [4.69, 9.17) is 23.7 Å². The molecule has 0 aromatic heterocycles. The van der Waals surface area contributed by atoms with Crippen molar-refractivity contribution in [3.05, 3.63) is 119 Å². The lowest BCUT2D eigenvalue weighted by Crippen LogP contribution is -2.25. The van der Waals surface area contributed by atoms with Gasteiger partial charge in [0.1, 0.15) is 12.4 Å². The summed E-state index contributed by atoms with van der Waals surface area (Å²) in [6.45, 7) is 0.354. The summed E-state index contributed by atoms with van der Waals surface area (Å²) in [5.74, 6) is 2.42. The summed E-state index contributed by atoms with van der Waals surface area (Å²) in [7, 11) is 4.58. The molecule has 0 aliphatic carbocycles. The number of benzene rings is 4. The number of carbonyl (C=O) groups excluding carboxylic acids is 1. The van der Waals surface area contributed by atoms with Crippen molar-refractivity contribution in [3.63, 3.8) is 0 Å². The summed E-state index contributed by atoms with van der Waals surface area (Å²) in [5, 5.41) is 0. The monoisotopic (exact) mass is 569 g/mol. The lowest BCUT2D eigenvalue weighted by molar-refractivity contribution is -0.143. The maximum atomic E-state index is 13.0. The summed E-state index contributed by atoms with van der Waals surface area (Å²) in [4.78, 5) is 18.5. The van der Waals surface area contributed by atoms with Crippen molar-refractivity contribution in [3.8, 4) is 17.2 Å². The zero-order chi connectivity index (χ0) is 28.6. The molecule has 5 rings (SSSR count). The van der Waals surface area contributed by atoms with Crippen LogP contribution in [0.3, 0.4) is 0 Å². The Labute approximate surface area is 244 Å². The molecule has 8 heteroatoms. The first-order chi connectivity index (χ1) is 20.1. The molecule has 0 saturated heterocycles. The summed E-state index contributed by atoms with van der Waals surface area (Å²) in [6, 6.07) is 30.4. The Hall–Kier alpha value is -4.43. The molecule has 0 amide bonds. The highest BCUT2D eigenvalue weighted by molar-refractivity contribution is 7.98. The molecule has 0 bridgehead atoms. The molecule has 1 aliphatic heterocycles. The summed E-state index contributed by atoms with van der Waals surface area (Å²) < 4.78 is 28.8. The number of hydrogen-bond donors (Lipinski definition) is 0. The third-order valence-corrected chi connectivity index (χ3v) is 7.78. The average molecular weight is 570 g/mol. The van der Waals surface area contributed by atoms with Gasteiger partial charge in [0.05, 0.1) is 21.3 Å². The lowest BCUT2D eigenvalue weighted by Gasteiger charge is -2.22. The molecule has 0 unspecified atom stereocenters. The van der Waals surface area contributed by atoms with E-state index in [0.717, 1.165) is 21.6 Å². The fourth-order valence-corrected chi connectivity index (χ4v) is 5.51. The second-order valence-electron chi connectivity index (χ2n) is 9.26. The smallest absolute Gasteiger partial charge is 0.335 e. The fraction of sp³-hybridized carbons (Fsp3) is 0.212. The number of aliphatic imine (C=N–C) groups is 1. The van der Waals surface area contributed by atoms with Crippen molar-refractivity contribution in [2.24, 2.45) is 4.99 Å². The van der Waals surface area contributed by atoms with E-state index in [1.165, 1.54) is 12.7 Å². The van der Waals surface area contributed by atoms with Crippen LogP contribution in [-0.4, -0.2) is 39.2 Å². The van der Waals surface area contributed by atoms with Gasteiger partial charge in [-0.05, 0) is 47.5 Å². The summed E-state index contributed by atoms with van der Waals surface area (Å²) in [5.41, 5.74) is 3.68. The number of rotatable bonds is 11. The van der Waals surface area contributed by atoms with Gasteiger partial charge in [-0.15, -0.1) is 11.8 Å². The second kappa shape index (κ2) is 13.3. The van der Waals surface area contributed by atoms with Crippen LogP contribution in [0.1, 0.15) is 28.4 Å². The van der Waals surface area contributed by atoms with Crippen molar-refractivity contribution in [2.45, 2.75) is 29.4 Å². The topological polar surface area (TPSA) is 75.6 Å². The first-order valence-electron chi connectivity index (χ1n) is 13.1. The first kappa shape index (κ1) is 28.1. The van der Waals surface area contributed by atoms with Crippen LogP contribution in [0.2, 0.25) is 0 Å². The molecule has 2 atom stereocenters. The summed E-state index contributed by atoms with van der Waals surface area (Å²) in [6.07, 6.45) is -0.734. The van der Waals surface area contributed by atoms with Crippen LogP contribution < -0.4 is 14.2 Å². The van der Waals surface area contributed by atoms with E-state index >= 15 is 0 Å². The zero-order valence-corrected chi connectivity index (χ0v) is 23.9. The van der Waals surface area contributed by atoms with Gasteiger partial charge < -0.3 is 23.7 Å². The quantitative estimate of drug-likeness (QED) is 0.148. The van der Waals surface area contributed by atoms with E-state index in [2.05, 4.69) is 17.1 Å². The number of carbonyl (C=O) groups is 1. The molecule has 1 heterocycles. The molecule has 0 saturated carbocycles. The van der Waals surface area contributed by atoms with Crippen LogP contribution in [-0.2, 0) is 26.6 Å². The fourth-order valence-electron chi connectivity index (χ4n) is 4.46. The van der Waals surface area contributed by atoms with Crippen LogP contribution in [0.25, 0.3) is 0 Å². The lowest BCUT2D eigenvalue weighted by atomic mass is 10.0. The molecule has 0 radical (unpaired) electrons. The van der Waals surface area contributed by atoms with E-state index < -0.39 is 18.1 Å². The van der Waals surface area contributed by atoms with Crippen molar-refractivity contribution in [1.29, 1.82) is 0 Å². The number of esters is 1. The molecular weight excluding hydrogens is 538 g/mol. The minimum Gasteiger partial charge on any atom is -0.497 e. The van der Waals surface area contributed by atoms with Gasteiger partial charge in [0.2, 0.25) is 5.90 Å². The van der Waals surface area contributed by atoms with E-state index in [0.29, 0.717) is 35.5 Å². The van der Waals surface area contributed by atoms with Gasteiger partial charge in [0, 0.05) is 21.8 Å². The van der Waals surface area contributed by atoms with Crippen LogP contribution >= 0.6 is 11.8 Å². The Kier molecular flexibility index (Phi) is 9.11. The predicted molar refractivity (Wildman–Crippen MR) is 159 cm³/mol. The minimum absolute atomic E-state index is 0.354. The predicted octanol–water partition coefficient (Wildman–Crippen LogP) is 6.63. The van der Waals surface area contributed by atoms with Crippen LogP contribution in [0, 0.1) is 0 Å². The number of methoxy groups -OCH3 is 3. The van der Waals surface area contributed by atoms with Gasteiger partial charge in [-0.1, -0.05) is 60.7 Å². The summed E-state index contributed by atoms with van der Waals surface area (Å²) >= 11 is 1.63. The van der Waals surface area contributed by atoms with Gasteiger partial charge >= 0.3 is 5.97 Å². The van der Waals surface area contributed by atoms with E-state index in [1.54, 1.807) is 26.0 Å². The largest absolute Gasteiger partial charge is 0.497 e. The van der Waals surface area contributed by atoms with Gasteiger partial charge in [0.15, 0.2) is 23.6 Å². The Morgan fingerprint density at radius 1 is 0.829 bits per heavy atom. The third-order valence-electron chi connectivity index (χ3n) is 6.64. The molecule has 1 aliphatic rings. The standard InChI is InChI=1S/C33H31NO6S/c1-36-25-16-14-24(15-17-25)32-34-30(33(35)38-3)31(40-32)26-18-28(39-20-22-10-6-4-7-11-22)27(37-2)19-29(26)41-21-23-12-8-5-9-13-23/h4-19,30-31H,20-21H2,1-3H3/t30-,31+/m0/s1. The molecule has 0 N–H and O–H groups in total. The number of thioether (sulfide) groups is 1. The first-order valence-corrected chi connectivity index (χ1v) is 14.1. The molecule has 7 nitrogen and oxygen atoms in total. The van der Waals surface area contributed by atoms with Crippen LogP contribution in [0.15, 0.2) is 107 Å². The van der Waals surface area contributed by atoms with Crippen molar-refractivity contribution >= 4 is 23.6 Å². The maximum absolute atomic E-state index is 13.0. The van der Waals surface area contributed by atoms with Crippen LogP contribution in [0.5, 0.6) is 17.2 Å². The highest BCUT2D eigenvalue weighted by Crippen LogP contribution is 2.44. The Morgan fingerprint density at radius 2 is 1.51 bits per heavy atom. The SMILES string of the molecule is COC(=O)[C@H]1N=C(c2ccc(OC)cc2)O[C@@H]1c1cc(OCc2ccccc2)c(OC)cc1SCc1ccccc1. The van der Waals surface area contributed by atoms with Gasteiger partial charge in [-0.3, -0.25) is 0 Å². The minimum atomic E-state index is -0.899. The Morgan fingerprint density at radius 3 is 2.15 bits per heavy atom. The molecule has 4 aromatic carbocycles. The van der Waals surface area contributed by atoms with E-state index in [9.17, 15) is 4.79 Å². The normalized spacial score (nSPS) is 15.9. The van der Waals surface area contributed by atoms with Gasteiger partial charge in [-0.2, -0.15) is 0 Å². The van der Waals surface area contributed by atoms with Crippen LogP contribution in [0.4, 0.5) is 0 Å². The highest BCUT2D eigenvalue weighted by atomic mass is 32.2. The molecule has 210 valence electrons. The number of ether oxygens (including phenoxy) is 5. The molecule has 4 aromatic rings. The Bertz CT molecular complexity index is 1490. The van der Waals surface area contributed by atoms with Gasteiger partial charge in [-0.25, -0.2) is 9.79 Å². The second-order valence-corrected chi connectivity index (χ2v) is 10.3. The van der Waals surface area contributed by atoms with Crippen molar-refractivity contribution in [2.75, 3.05) is 21.3 Å². The third kappa shape index (κ3) is 6.66.